The first-order valence-corrected chi connectivity index (χ1v) is 11.1. The molecule has 4 N–H and O–H groups in total. The number of aromatic nitrogens is 1. The monoisotopic (exact) mass is 427 g/mol. The zero-order valence-corrected chi connectivity index (χ0v) is 18.2. The Morgan fingerprint density at radius 3 is 2.61 bits per heavy atom. The molecule has 0 bridgehead atoms. The number of urea groups is 1. The van der Waals surface area contributed by atoms with E-state index >= 15 is 0 Å². The fourth-order valence-electron chi connectivity index (χ4n) is 4.56. The van der Waals surface area contributed by atoms with Crippen LogP contribution in [0.4, 0.5) is 10.6 Å². The highest BCUT2D eigenvalue weighted by Gasteiger charge is 2.39. The summed E-state index contributed by atoms with van der Waals surface area (Å²) in [5.41, 5.74) is 7.14. The third-order valence-electron chi connectivity index (χ3n) is 6.44. The van der Waals surface area contributed by atoms with Crippen molar-refractivity contribution in [2.75, 3.05) is 25.1 Å². The molecule has 9 heteroatoms. The summed E-state index contributed by atoms with van der Waals surface area (Å²) < 4.78 is 0. The molecule has 1 aromatic heterocycles. The number of hydrazine groups is 1. The number of pyridine rings is 1. The van der Waals surface area contributed by atoms with Crippen molar-refractivity contribution in [2.45, 2.75) is 62.9 Å². The van der Waals surface area contributed by atoms with Gasteiger partial charge in [-0.2, -0.15) is 5.26 Å². The number of nitriles is 1. The molecule has 0 radical (unpaired) electrons. The van der Waals surface area contributed by atoms with Gasteiger partial charge in [-0.3, -0.25) is 9.80 Å². The molecule has 1 saturated heterocycles. The number of anilines is 1. The minimum absolute atomic E-state index is 0.281. The molecular formula is C22H33N7O2. The summed E-state index contributed by atoms with van der Waals surface area (Å²) in [4.78, 5) is 31.9. The zero-order valence-electron chi connectivity index (χ0n) is 18.2. The molecule has 1 aromatic rings. The van der Waals surface area contributed by atoms with Crippen molar-refractivity contribution in [3.8, 4) is 6.07 Å². The quantitative estimate of drug-likeness (QED) is 0.571. The topological polar surface area (TPSA) is 127 Å². The summed E-state index contributed by atoms with van der Waals surface area (Å²) in [6.07, 6.45) is 8.87. The lowest BCUT2D eigenvalue weighted by Gasteiger charge is -2.39. The fourth-order valence-corrected chi connectivity index (χ4v) is 4.56. The van der Waals surface area contributed by atoms with Gasteiger partial charge in [-0.1, -0.05) is 38.2 Å². The number of amides is 3. The van der Waals surface area contributed by atoms with Crippen molar-refractivity contribution in [1.29, 1.82) is 5.26 Å². The number of hydrogen-bond donors (Lipinski definition) is 3. The Labute approximate surface area is 183 Å². The van der Waals surface area contributed by atoms with E-state index in [1.807, 2.05) is 7.05 Å². The van der Waals surface area contributed by atoms with Crippen LogP contribution >= 0.6 is 0 Å². The number of primary amides is 1. The van der Waals surface area contributed by atoms with E-state index in [4.69, 9.17) is 5.73 Å². The highest BCUT2D eigenvalue weighted by molar-refractivity contribution is 5.87. The number of hydrogen-bond acceptors (Lipinski definition) is 6. The van der Waals surface area contributed by atoms with Crippen molar-refractivity contribution in [2.24, 2.45) is 11.7 Å². The number of nitrogens with two attached hydrogens (primary N) is 1. The van der Waals surface area contributed by atoms with Crippen molar-refractivity contribution in [3.05, 3.63) is 24.4 Å². The van der Waals surface area contributed by atoms with Crippen LogP contribution in [0.5, 0.6) is 0 Å². The number of carbonyl (C=O) groups excluding carboxylic acids is 2. The number of nitrogens with one attached hydrogen (secondary N) is 2. The van der Waals surface area contributed by atoms with Crippen LogP contribution in [-0.2, 0) is 4.79 Å². The van der Waals surface area contributed by atoms with Gasteiger partial charge in [0.1, 0.15) is 17.4 Å². The summed E-state index contributed by atoms with van der Waals surface area (Å²) in [6, 6.07) is 6.16. The second-order valence-corrected chi connectivity index (χ2v) is 8.78. The minimum Gasteiger partial charge on any atom is -0.350 e. The van der Waals surface area contributed by atoms with E-state index < -0.39 is 17.6 Å². The maximum Gasteiger partial charge on any atom is 0.331 e. The Bertz CT molecular complexity index is 781. The van der Waals surface area contributed by atoms with Gasteiger partial charge in [0.15, 0.2) is 0 Å². The SMILES string of the molecule is CN1CCC(C#N)(NC(=O)C(CC2CCCCC2)N(NC(N)=O)c2ccccn2)CC1. The van der Waals surface area contributed by atoms with Gasteiger partial charge in [0, 0.05) is 19.3 Å². The summed E-state index contributed by atoms with van der Waals surface area (Å²) in [7, 11) is 2.01. The van der Waals surface area contributed by atoms with Crippen molar-refractivity contribution < 1.29 is 9.59 Å². The maximum atomic E-state index is 13.6. The molecule has 1 unspecified atom stereocenters. The second kappa shape index (κ2) is 10.4. The number of carbonyl (C=O) groups is 2. The van der Waals surface area contributed by atoms with Gasteiger partial charge in [-0.25, -0.2) is 15.2 Å². The smallest absolute Gasteiger partial charge is 0.331 e. The maximum absolute atomic E-state index is 13.6. The van der Waals surface area contributed by atoms with Crippen LogP contribution < -0.4 is 21.5 Å². The summed E-state index contributed by atoms with van der Waals surface area (Å²) >= 11 is 0. The molecule has 31 heavy (non-hydrogen) atoms. The van der Waals surface area contributed by atoms with Gasteiger partial charge in [0.2, 0.25) is 5.91 Å². The van der Waals surface area contributed by atoms with E-state index in [-0.39, 0.29) is 5.91 Å². The van der Waals surface area contributed by atoms with Gasteiger partial charge in [-0.15, -0.1) is 0 Å². The molecule has 1 aliphatic carbocycles. The normalized spacial score (nSPS) is 20.3. The Morgan fingerprint density at radius 1 is 1.32 bits per heavy atom. The Balaban J connectivity index is 1.87. The lowest BCUT2D eigenvalue weighted by molar-refractivity contribution is -0.124. The molecule has 168 valence electrons. The van der Waals surface area contributed by atoms with Crippen LogP contribution in [-0.4, -0.2) is 53.5 Å². The largest absolute Gasteiger partial charge is 0.350 e. The highest BCUT2D eigenvalue weighted by Crippen LogP contribution is 2.30. The van der Waals surface area contributed by atoms with Gasteiger partial charge in [-0.05, 0) is 44.4 Å². The predicted octanol–water partition coefficient (Wildman–Crippen LogP) is 1.91. The van der Waals surface area contributed by atoms with Crippen LogP contribution in [0.3, 0.4) is 0 Å². The molecular weight excluding hydrogens is 394 g/mol. The zero-order chi connectivity index (χ0) is 22.3. The Kier molecular flexibility index (Phi) is 7.69. The van der Waals surface area contributed by atoms with Crippen molar-refractivity contribution in [1.82, 2.24) is 20.6 Å². The van der Waals surface area contributed by atoms with Crippen LogP contribution in [0.25, 0.3) is 0 Å². The summed E-state index contributed by atoms with van der Waals surface area (Å²) in [6.45, 7) is 1.48. The van der Waals surface area contributed by atoms with E-state index in [1.54, 1.807) is 24.4 Å². The third-order valence-corrected chi connectivity index (χ3v) is 6.44. The molecule has 0 aromatic carbocycles. The van der Waals surface area contributed by atoms with E-state index in [0.717, 1.165) is 38.8 Å². The fraction of sp³-hybridized carbons (Fsp3) is 0.636. The molecule has 1 saturated carbocycles. The molecule has 1 atom stereocenters. The van der Waals surface area contributed by atoms with Gasteiger partial charge in [0.05, 0.1) is 6.07 Å². The van der Waals surface area contributed by atoms with E-state index in [1.165, 1.54) is 11.4 Å². The first kappa shape index (κ1) is 22.8. The average Bonchev–Trinajstić information content (AvgIpc) is 2.79. The highest BCUT2D eigenvalue weighted by atomic mass is 16.2. The van der Waals surface area contributed by atoms with Crippen LogP contribution in [0.15, 0.2) is 24.4 Å². The molecule has 3 amide bonds. The molecule has 0 spiro atoms. The average molecular weight is 428 g/mol. The Morgan fingerprint density at radius 2 is 2.03 bits per heavy atom. The molecule has 3 rings (SSSR count). The van der Waals surface area contributed by atoms with Gasteiger partial charge >= 0.3 is 6.03 Å². The number of nitrogens with zero attached hydrogens (tertiary/aromatic N) is 4. The number of rotatable bonds is 7. The van der Waals surface area contributed by atoms with Crippen LogP contribution in [0, 0.1) is 17.2 Å². The molecule has 2 aliphatic rings. The van der Waals surface area contributed by atoms with Gasteiger partial charge < -0.3 is 16.0 Å². The summed E-state index contributed by atoms with van der Waals surface area (Å²) in [5, 5.41) is 14.4. The first-order valence-electron chi connectivity index (χ1n) is 11.1. The van der Waals surface area contributed by atoms with E-state index in [0.29, 0.717) is 31.0 Å². The lowest BCUT2D eigenvalue weighted by Crippen LogP contribution is -2.62. The molecule has 9 nitrogen and oxygen atoms in total. The van der Waals surface area contributed by atoms with Crippen LogP contribution in [0.1, 0.15) is 51.4 Å². The summed E-state index contributed by atoms with van der Waals surface area (Å²) in [5.74, 6) is 0.517. The van der Waals surface area contributed by atoms with Gasteiger partial charge in [0.25, 0.3) is 0 Å². The molecule has 1 aliphatic heterocycles. The number of likely N-dealkylation sites (tertiary alicyclic amines) is 1. The predicted molar refractivity (Wildman–Crippen MR) is 118 cm³/mol. The van der Waals surface area contributed by atoms with E-state index in [2.05, 4.69) is 26.7 Å². The second-order valence-electron chi connectivity index (χ2n) is 8.78. The lowest BCUT2D eigenvalue weighted by atomic mass is 9.83. The molecule has 2 fully saturated rings. The van der Waals surface area contributed by atoms with Crippen molar-refractivity contribution >= 4 is 17.8 Å². The minimum atomic E-state index is -0.906. The van der Waals surface area contributed by atoms with Crippen LogP contribution in [0.2, 0.25) is 0 Å². The standard InChI is InChI=1S/C22H33N7O2/c1-28-13-10-22(16-23,11-14-28)26-20(30)18(15-17-7-3-2-4-8-17)29(27-21(24)31)19-9-5-6-12-25-19/h5-6,9,12,17-18H,2-4,7-8,10-11,13-15H2,1H3,(H,26,30)(H3,24,27,31). The van der Waals surface area contributed by atoms with E-state index in [9.17, 15) is 14.9 Å². The Hall–Kier alpha value is -2.86. The number of piperidine rings is 1. The molecule has 2 heterocycles. The van der Waals surface area contributed by atoms with Crippen molar-refractivity contribution in [3.63, 3.8) is 0 Å². The third kappa shape index (κ3) is 6.07. The first-order chi connectivity index (χ1) is 14.9.